The standard InChI is InChI=1S/C20H16N4O2S/c25-20(19-4-2-10-27-19)22-13-17-11-18(24-26-17)14-5-7-15(8-6-14)23-16-3-1-9-21-12-16/h1-12,23H,13H2,(H,22,25). The van der Waals surface area contributed by atoms with E-state index in [4.69, 9.17) is 4.52 Å². The third kappa shape index (κ3) is 4.21. The largest absolute Gasteiger partial charge is 0.359 e. The molecule has 0 atom stereocenters. The second-order valence-corrected chi connectivity index (χ2v) is 6.73. The zero-order chi connectivity index (χ0) is 18.5. The van der Waals surface area contributed by atoms with Crippen LogP contribution in [0.1, 0.15) is 15.4 Å². The number of carbonyl (C=O) groups excluding carboxylic acids is 1. The number of rotatable bonds is 6. The van der Waals surface area contributed by atoms with E-state index < -0.39 is 0 Å². The van der Waals surface area contributed by atoms with Crippen LogP contribution in [-0.4, -0.2) is 16.0 Å². The Morgan fingerprint density at radius 1 is 1.07 bits per heavy atom. The van der Waals surface area contributed by atoms with E-state index in [1.165, 1.54) is 11.3 Å². The molecule has 134 valence electrons. The third-order valence-electron chi connectivity index (χ3n) is 3.86. The summed E-state index contributed by atoms with van der Waals surface area (Å²) >= 11 is 1.40. The molecule has 0 fully saturated rings. The first-order valence-corrected chi connectivity index (χ1v) is 9.21. The molecule has 7 heteroatoms. The summed E-state index contributed by atoms with van der Waals surface area (Å²) in [5.74, 6) is 0.487. The summed E-state index contributed by atoms with van der Waals surface area (Å²) in [6.45, 7) is 0.296. The van der Waals surface area contributed by atoms with Gasteiger partial charge in [0.1, 0.15) is 5.69 Å². The lowest BCUT2D eigenvalue weighted by atomic mass is 10.1. The molecule has 27 heavy (non-hydrogen) atoms. The van der Waals surface area contributed by atoms with E-state index in [1.807, 2.05) is 53.9 Å². The fourth-order valence-corrected chi connectivity index (χ4v) is 3.16. The van der Waals surface area contributed by atoms with Crippen molar-refractivity contribution in [1.82, 2.24) is 15.5 Å². The van der Waals surface area contributed by atoms with Gasteiger partial charge in [0.05, 0.1) is 23.3 Å². The van der Waals surface area contributed by atoms with E-state index in [1.54, 1.807) is 18.5 Å². The Hall–Kier alpha value is -3.45. The highest BCUT2D eigenvalue weighted by Crippen LogP contribution is 2.23. The van der Waals surface area contributed by atoms with Crippen molar-refractivity contribution in [3.05, 3.63) is 83.0 Å². The molecule has 4 rings (SSSR count). The van der Waals surface area contributed by atoms with Gasteiger partial charge in [-0.2, -0.15) is 0 Å². The van der Waals surface area contributed by atoms with Gasteiger partial charge in [0.25, 0.3) is 5.91 Å². The van der Waals surface area contributed by atoms with Crippen molar-refractivity contribution in [2.45, 2.75) is 6.54 Å². The van der Waals surface area contributed by atoms with Crippen LogP contribution >= 0.6 is 11.3 Å². The molecule has 0 saturated carbocycles. The Morgan fingerprint density at radius 3 is 2.70 bits per heavy atom. The van der Waals surface area contributed by atoms with Gasteiger partial charge in [0, 0.05) is 23.5 Å². The summed E-state index contributed by atoms with van der Waals surface area (Å²) in [7, 11) is 0. The van der Waals surface area contributed by atoms with Crippen LogP contribution in [0.3, 0.4) is 0 Å². The Bertz CT molecular complexity index is 1010. The number of aromatic nitrogens is 2. The van der Waals surface area contributed by atoms with Gasteiger partial charge in [-0.05, 0) is 35.7 Å². The molecule has 0 aliphatic heterocycles. The second kappa shape index (κ2) is 7.84. The van der Waals surface area contributed by atoms with Crippen molar-refractivity contribution in [2.75, 3.05) is 5.32 Å². The molecule has 0 radical (unpaired) electrons. The number of nitrogens with zero attached hydrogens (tertiary/aromatic N) is 2. The molecule has 3 aromatic heterocycles. The quantitative estimate of drug-likeness (QED) is 0.519. The van der Waals surface area contributed by atoms with Gasteiger partial charge in [0.2, 0.25) is 0 Å². The Morgan fingerprint density at radius 2 is 1.96 bits per heavy atom. The van der Waals surface area contributed by atoms with E-state index in [9.17, 15) is 4.79 Å². The lowest BCUT2D eigenvalue weighted by molar-refractivity contribution is 0.0951. The normalized spacial score (nSPS) is 10.5. The molecular formula is C20H16N4O2S. The molecule has 0 aliphatic rings. The summed E-state index contributed by atoms with van der Waals surface area (Å²) < 4.78 is 5.33. The van der Waals surface area contributed by atoms with Crippen LogP contribution in [-0.2, 0) is 6.54 Å². The zero-order valence-electron chi connectivity index (χ0n) is 14.3. The van der Waals surface area contributed by atoms with Crippen molar-refractivity contribution in [1.29, 1.82) is 0 Å². The minimum Gasteiger partial charge on any atom is -0.359 e. The predicted octanol–water partition coefficient (Wildman–Crippen LogP) is 4.47. The second-order valence-electron chi connectivity index (χ2n) is 5.78. The molecule has 3 heterocycles. The maximum atomic E-state index is 12.0. The summed E-state index contributed by atoms with van der Waals surface area (Å²) in [6, 6.07) is 17.2. The number of hydrogen-bond acceptors (Lipinski definition) is 6. The predicted molar refractivity (Wildman–Crippen MR) is 105 cm³/mol. The van der Waals surface area contributed by atoms with Crippen LogP contribution in [0.5, 0.6) is 0 Å². The fourth-order valence-electron chi connectivity index (χ4n) is 2.52. The molecule has 0 aliphatic carbocycles. The van der Waals surface area contributed by atoms with Gasteiger partial charge in [-0.15, -0.1) is 11.3 Å². The number of anilines is 2. The molecule has 6 nitrogen and oxygen atoms in total. The van der Waals surface area contributed by atoms with E-state index in [-0.39, 0.29) is 5.91 Å². The number of amides is 1. The van der Waals surface area contributed by atoms with Crippen LogP contribution in [0.4, 0.5) is 11.4 Å². The molecule has 2 N–H and O–H groups in total. The van der Waals surface area contributed by atoms with Gasteiger partial charge < -0.3 is 15.2 Å². The number of thiophene rings is 1. The van der Waals surface area contributed by atoms with Gasteiger partial charge >= 0.3 is 0 Å². The molecule has 0 unspecified atom stereocenters. The van der Waals surface area contributed by atoms with Crippen LogP contribution in [0.2, 0.25) is 0 Å². The van der Waals surface area contributed by atoms with Crippen LogP contribution < -0.4 is 10.6 Å². The molecule has 0 bridgehead atoms. The SMILES string of the molecule is O=C(NCc1cc(-c2ccc(Nc3cccnc3)cc2)no1)c1cccs1. The third-order valence-corrected chi connectivity index (χ3v) is 4.73. The number of nitrogens with one attached hydrogen (secondary N) is 2. The van der Waals surface area contributed by atoms with Crippen LogP contribution in [0, 0.1) is 0 Å². The van der Waals surface area contributed by atoms with E-state index in [0.29, 0.717) is 17.2 Å². The Balaban J connectivity index is 1.38. The van der Waals surface area contributed by atoms with Crippen molar-refractivity contribution in [3.8, 4) is 11.3 Å². The van der Waals surface area contributed by atoms with E-state index in [2.05, 4.69) is 20.8 Å². The number of hydrogen-bond donors (Lipinski definition) is 2. The van der Waals surface area contributed by atoms with Gasteiger partial charge in [-0.3, -0.25) is 9.78 Å². The Labute approximate surface area is 159 Å². The lowest BCUT2D eigenvalue weighted by Crippen LogP contribution is -2.21. The maximum Gasteiger partial charge on any atom is 0.261 e. The monoisotopic (exact) mass is 376 g/mol. The highest BCUT2D eigenvalue weighted by molar-refractivity contribution is 7.12. The first-order chi connectivity index (χ1) is 13.3. The van der Waals surface area contributed by atoms with Gasteiger partial charge in [-0.25, -0.2) is 0 Å². The molecule has 0 saturated heterocycles. The van der Waals surface area contributed by atoms with E-state index >= 15 is 0 Å². The van der Waals surface area contributed by atoms with E-state index in [0.717, 1.165) is 22.6 Å². The highest BCUT2D eigenvalue weighted by Gasteiger charge is 2.10. The van der Waals surface area contributed by atoms with Crippen LogP contribution in [0.25, 0.3) is 11.3 Å². The fraction of sp³-hybridized carbons (Fsp3) is 0.0500. The molecule has 0 spiro atoms. The minimum absolute atomic E-state index is 0.117. The average molecular weight is 376 g/mol. The summed E-state index contributed by atoms with van der Waals surface area (Å²) in [4.78, 5) is 16.7. The minimum atomic E-state index is -0.117. The smallest absolute Gasteiger partial charge is 0.261 e. The topological polar surface area (TPSA) is 80.0 Å². The highest BCUT2D eigenvalue weighted by atomic mass is 32.1. The van der Waals surface area contributed by atoms with Crippen molar-refractivity contribution >= 4 is 28.6 Å². The maximum absolute atomic E-state index is 12.0. The molecule has 1 aromatic carbocycles. The van der Waals surface area contributed by atoms with Crippen molar-refractivity contribution in [2.24, 2.45) is 0 Å². The molecule has 4 aromatic rings. The van der Waals surface area contributed by atoms with Crippen molar-refractivity contribution in [3.63, 3.8) is 0 Å². The first kappa shape index (κ1) is 17.0. The Kier molecular flexibility index (Phi) is 4.93. The summed E-state index contributed by atoms with van der Waals surface area (Å²) in [5.41, 5.74) is 3.55. The summed E-state index contributed by atoms with van der Waals surface area (Å²) in [5, 5.41) is 12.1. The molecular weight excluding hydrogens is 360 g/mol. The van der Waals surface area contributed by atoms with Gasteiger partial charge in [0.15, 0.2) is 5.76 Å². The van der Waals surface area contributed by atoms with Gasteiger partial charge in [-0.1, -0.05) is 23.4 Å². The number of benzene rings is 1. The first-order valence-electron chi connectivity index (χ1n) is 8.33. The summed E-state index contributed by atoms with van der Waals surface area (Å²) in [6.07, 6.45) is 3.50. The molecule has 1 amide bonds. The van der Waals surface area contributed by atoms with Crippen molar-refractivity contribution < 1.29 is 9.32 Å². The average Bonchev–Trinajstić information content (AvgIpc) is 3.40. The lowest BCUT2D eigenvalue weighted by Gasteiger charge is -2.05. The number of carbonyl (C=O) groups is 1. The zero-order valence-corrected chi connectivity index (χ0v) is 15.1. The van der Waals surface area contributed by atoms with Crippen LogP contribution in [0.15, 0.2) is 76.9 Å². The number of pyridine rings is 1.